The quantitative estimate of drug-likeness (QED) is 0.622. The molecule has 1 saturated heterocycles. The molecule has 0 aromatic carbocycles. The molecule has 4 atom stereocenters. The van der Waals surface area contributed by atoms with Crippen LogP contribution in [-0.2, 0) is 14.4 Å². The Balaban J connectivity index is 1.17. The minimum atomic E-state index is -0.204. The number of nitrogens with one attached hydrogen (secondary N) is 1. The van der Waals surface area contributed by atoms with Gasteiger partial charge in [0, 0.05) is 5.54 Å². The molecule has 0 aromatic rings. The Labute approximate surface area is 153 Å². The van der Waals surface area contributed by atoms with E-state index in [1.807, 2.05) is 0 Å². The second-order valence-electron chi connectivity index (χ2n) is 10.0. The lowest BCUT2D eigenvalue weighted by Crippen LogP contribution is -2.61. The number of hydrogen-bond donors (Lipinski definition) is 1. The summed E-state index contributed by atoms with van der Waals surface area (Å²) in [6, 6.07) is 0. The molecule has 5 nitrogen and oxygen atoms in total. The molecule has 6 aliphatic carbocycles. The summed E-state index contributed by atoms with van der Waals surface area (Å²) in [5.74, 6) is 1.93. The smallest absolute Gasteiger partial charge is 0.240 e. The zero-order valence-electron chi connectivity index (χ0n) is 15.0. The molecule has 0 radical (unpaired) electrons. The largest absolute Gasteiger partial charge is 0.349 e. The van der Waals surface area contributed by atoms with Crippen LogP contribution in [0.25, 0.3) is 0 Å². The summed E-state index contributed by atoms with van der Waals surface area (Å²) in [5.41, 5.74) is -0.0614. The molecular weight excluding hydrogens is 328 g/mol. The highest BCUT2D eigenvalue weighted by Gasteiger charge is 2.59. The number of allylic oxidation sites excluding steroid dienone is 2. The van der Waals surface area contributed by atoms with Crippen molar-refractivity contribution in [3.8, 4) is 0 Å². The van der Waals surface area contributed by atoms with E-state index in [0.29, 0.717) is 0 Å². The van der Waals surface area contributed by atoms with Gasteiger partial charge in [0.1, 0.15) is 6.54 Å². The summed E-state index contributed by atoms with van der Waals surface area (Å²) >= 11 is 0. The van der Waals surface area contributed by atoms with Gasteiger partial charge in [-0.3, -0.25) is 19.3 Å². The third-order valence-electron chi connectivity index (χ3n) is 8.31. The van der Waals surface area contributed by atoms with Crippen LogP contribution in [-0.4, -0.2) is 34.7 Å². The van der Waals surface area contributed by atoms with Crippen molar-refractivity contribution in [3.63, 3.8) is 0 Å². The Morgan fingerprint density at radius 2 is 1.42 bits per heavy atom. The third kappa shape index (κ3) is 2.00. The fraction of sp³-hybridized carbons (Fsp3) is 0.762. The van der Waals surface area contributed by atoms with Gasteiger partial charge in [0.2, 0.25) is 17.7 Å². The van der Waals surface area contributed by atoms with Gasteiger partial charge in [-0.15, -0.1) is 0 Å². The number of amides is 3. The summed E-state index contributed by atoms with van der Waals surface area (Å²) in [4.78, 5) is 39.6. The Morgan fingerprint density at radius 1 is 0.923 bits per heavy atom. The predicted octanol–water partition coefficient (Wildman–Crippen LogP) is 1.88. The Morgan fingerprint density at radius 3 is 1.92 bits per heavy atom. The number of carbonyl (C=O) groups is 3. The number of fused-ring (bicyclic) bond motifs is 5. The monoisotopic (exact) mass is 354 g/mol. The molecule has 3 amide bonds. The van der Waals surface area contributed by atoms with E-state index in [2.05, 4.69) is 17.5 Å². The van der Waals surface area contributed by atoms with Crippen molar-refractivity contribution in [2.24, 2.45) is 41.4 Å². The summed E-state index contributed by atoms with van der Waals surface area (Å²) in [7, 11) is 0. The third-order valence-corrected chi connectivity index (χ3v) is 8.31. The van der Waals surface area contributed by atoms with Crippen LogP contribution in [0.5, 0.6) is 0 Å². The predicted molar refractivity (Wildman–Crippen MR) is 93.5 cm³/mol. The molecule has 7 rings (SSSR count). The molecule has 138 valence electrons. The molecule has 0 aromatic heterocycles. The second-order valence-corrected chi connectivity index (χ2v) is 10.0. The molecular formula is C21H26N2O3. The van der Waals surface area contributed by atoms with Gasteiger partial charge in [-0.05, 0) is 74.5 Å². The van der Waals surface area contributed by atoms with Crippen molar-refractivity contribution in [3.05, 3.63) is 12.2 Å². The lowest BCUT2D eigenvalue weighted by molar-refractivity contribution is -0.145. The lowest BCUT2D eigenvalue weighted by Gasteiger charge is -2.57. The first-order valence-corrected chi connectivity index (χ1v) is 10.4. The van der Waals surface area contributed by atoms with E-state index in [-0.39, 0.29) is 53.5 Å². The van der Waals surface area contributed by atoms with E-state index < -0.39 is 0 Å². The highest BCUT2D eigenvalue weighted by Crippen LogP contribution is 2.56. The molecule has 5 heteroatoms. The second kappa shape index (κ2) is 4.99. The number of carbonyl (C=O) groups excluding carboxylic acids is 3. The molecule has 0 spiro atoms. The maximum absolute atomic E-state index is 12.8. The first kappa shape index (κ1) is 15.4. The van der Waals surface area contributed by atoms with Crippen LogP contribution in [0.2, 0.25) is 0 Å². The van der Waals surface area contributed by atoms with E-state index >= 15 is 0 Å². The van der Waals surface area contributed by atoms with Crippen molar-refractivity contribution in [1.29, 1.82) is 0 Å². The minimum Gasteiger partial charge on any atom is -0.349 e. The Hall–Kier alpha value is -1.65. The molecule has 6 bridgehead atoms. The Kier molecular flexibility index (Phi) is 2.96. The van der Waals surface area contributed by atoms with Crippen molar-refractivity contribution in [2.75, 3.05) is 6.54 Å². The Bertz CT molecular complexity index is 676. The van der Waals surface area contributed by atoms with Gasteiger partial charge in [0.15, 0.2) is 0 Å². The normalized spacial score (nSPS) is 50.0. The van der Waals surface area contributed by atoms with Crippen LogP contribution in [0.3, 0.4) is 0 Å². The van der Waals surface area contributed by atoms with Gasteiger partial charge in [-0.25, -0.2) is 0 Å². The first-order chi connectivity index (χ1) is 12.5. The number of hydrogen-bond acceptors (Lipinski definition) is 3. The number of nitrogens with zero attached hydrogens (tertiary/aromatic N) is 1. The van der Waals surface area contributed by atoms with Crippen LogP contribution in [0.15, 0.2) is 12.2 Å². The maximum Gasteiger partial charge on any atom is 0.240 e. The van der Waals surface area contributed by atoms with Gasteiger partial charge < -0.3 is 5.32 Å². The average Bonchev–Trinajstić information content (AvgIpc) is 3.23. The first-order valence-electron chi connectivity index (χ1n) is 10.4. The highest BCUT2D eigenvalue weighted by molar-refractivity contribution is 6.08. The SMILES string of the molecule is O=C(CN1C(=O)[C@@H]2[C@@H](C1=O)[C@H]1C=C[C@@H]2C1)NC12CC3CC(CC(C3)C1)C2. The van der Waals surface area contributed by atoms with E-state index in [0.717, 1.165) is 43.4 Å². The summed E-state index contributed by atoms with van der Waals surface area (Å²) in [5, 5.41) is 3.30. The fourth-order valence-corrected chi connectivity index (χ4v) is 7.86. The molecule has 1 heterocycles. The lowest BCUT2D eigenvalue weighted by atomic mass is 9.53. The zero-order chi connectivity index (χ0) is 17.6. The molecule has 1 N–H and O–H groups in total. The van der Waals surface area contributed by atoms with Crippen LogP contribution in [0.4, 0.5) is 0 Å². The van der Waals surface area contributed by atoms with Gasteiger partial charge in [0.25, 0.3) is 0 Å². The number of likely N-dealkylation sites (tertiary alicyclic amines) is 1. The highest BCUT2D eigenvalue weighted by atomic mass is 16.2. The van der Waals surface area contributed by atoms with Gasteiger partial charge in [-0.2, -0.15) is 0 Å². The molecule has 1 aliphatic heterocycles. The van der Waals surface area contributed by atoms with Crippen molar-refractivity contribution in [1.82, 2.24) is 10.2 Å². The van der Waals surface area contributed by atoms with Crippen LogP contribution in [0.1, 0.15) is 44.9 Å². The molecule has 26 heavy (non-hydrogen) atoms. The van der Waals surface area contributed by atoms with Gasteiger partial charge in [0.05, 0.1) is 11.8 Å². The van der Waals surface area contributed by atoms with Crippen molar-refractivity contribution < 1.29 is 14.4 Å². The van der Waals surface area contributed by atoms with E-state index in [4.69, 9.17) is 0 Å². The number of rotatable bonds is 3. The topological polar surface area (TPSA) is 66.5 Å². The molecule has 6 fully saturated rings. The van der Waals surface area contributed by atoms with E-state index in [1.54, 1.807) is 0 Å². The van der Waals surface area contributed by atoms with E-state index in [9.17, 15) is 14.4 Å². The molecule has 5 saturated carbocycles. The van der Waals surface area contributed by atoms with Crippen LogP contribution in [0, 0.1) is 41.4 Å². The summed E-state index contributed by atoms with van der Waals surface area (Å²) in [6.45, 7) is -0.0775. The van der Waals surface area contributed by atoms with Gasteiger partial charge >= 0.3 is 0 Å². The fourth-order valence-electron chi connectivity index (χ4n) is 7.86. The summed E-state index contributed by atoms with van der Waals surface area (Å²) in [6.07, 6.45) is 12.4. The van der Waals surface area contributed by atoms with Crippen LogP contribution < -0.4 is 5.32 Å². The van der Waals surface area contributed by atoms with Crippen LogP contribution >= 0.6 is 0 Å². The van der Waals surface area contributed by atoms with Crippen molar-refractivity contribution in [2.45, 2.75) is 50.5 Å². The maximum atomic E-state index is 12.8. The zero-order valence-corrected chi connectivity index (χ0v) is 15.0. The van der Waals surface area contributed by atoms with Gasteiger partial charge in [-0.1, -0.05) is 12.2 Å². The standard InChI is InChI=1S/C21H26N2O3/c24-16(22-21-7-11-3-12(8-21)5-13(4-11)9-21)10-23-19(25)17-14-1-2-15(6-14)18(17)20(23)26/h1-2,11-15,17-18H,3-10H2,(H,22,24)/t11?,12?,13?,14-,15+,17-,18-,21?/m0/s1. The molecule has 0 unspecified atom stereocenters. The minimum absolute atomic E-state index is 0.0614. The number of imide groups is 1. The molecule has 7 aliphatic rings. The van der Waals surface area contributed by atoms with E-state index in [1.165, 1.54) is 24.2 Å². The summed E-state index contributed by atoms with van der Waals surface area (Å²) < 4.78 is 0. The van der Waals surface area contributed by atoms with Crippen molar-refractivity contribution >= 4 is 17.7 Å². The average molecular weight is 354 g/mol.